The number of carbonyl (C=O) groups is 1. The lowest BCUT2D eigenvalue weighted by atomic mass is 9.83. The Morgan fingerprint density at radius 2 is 1.83 bits per heavy atom. The molecule has 2 aromatic rings. The van der Waals surface area contributed by atoms with E-state index in [0.29, 0.717) is 44.1 Å². The molecule has 0 aliphatic carbocycles. The number of cyclic esters (lactones) is 1. The van der Waals surface area contributed by atoms with E-state index in [4.69, 9.17) is 4.74 Å². The number of non-ortho nitro benzene ring substituents is 1. The summed E-state index contributed by atoms with van der Waals surface area (Å²) in [4.78, 5) is 23.2. The van der Waals surface area contributed by atoms with Crippen LogP contribution in [0.4, 0.5) is 5.69 Å². The standard InChI is InChI=1S/C24H27NO5/c1-2-14-24(16-19-8-4-3-5-9-19)17-22(26)21(23(27)30-24)13-7-11-18-10-6-12-20(15-18)25(28)29/h3-6,8-10,12,15,26H,2,7,11,13-14,16-17H2,1H3. The Hall–Kier alpha value is -3.15. The van der Waals surface area contributed by atoms with Crippen LogP contribution in [0.3, 0.4) is 0 Å². The molecule has 3 rings (SSSR count). The number of nitro benzene ring substituents is 1. The first-order valence-electron chi connectivity index (χ1n) is 10.3. The normalized spacial score (nSPS) is 18.9. The molecule has 158 valence electrons. The molecule has 0 saturated heterocycles. The zero-order chi connectivity index (χ0) is 21.6. The highest BCUT2D eigenvalue weighted by atomic mass is 16.6. The van der Waals surface area contributed by atoms with Crippen molar-refractivity contribution in [1.29, 1.82) is 0 Å². The molecule has 0 aromatic heterocycles. The molecule has 2 aromatic carbocycles. The van der Waals surface area contributed by atoms with Crippen LogP contribution in [0, 0.1) is 10.1 Å². The van der Waals surface area contributed by atoms with Crippen molar-refractivity contribution in [2.75, 3.05) is 0 Å². The van der Waals surface area contributed by atoms with Gasteiger partial charge in [0, 0.05) is 25.0 Å². The second-order valence-electron chi connectivity index (χ2n) is 7.87. The first-order chi connectivity index (χ1) is 14.4. The predicted molar refractivity (Wildman–Crippen MR) is 114 cm³/mol. The lowest BCUT2D eigenvalue weighted by molar-refractivity contribution is -0.384. The van der Waals surface area contributed by atoms with Crippen molar-refractivity contribution < 1.29 is 19.6 Å². The second-order valence-corrected chi connectivity index (χ2v) is 7.87. The van der Waals surface area contributed by atoms with Gasteiger partial charge in [0.25, 0.3) is 5.69 Å². The average Bonchev–Trinajstić information content (AvgIpc) is 2.71. The van der Waals surface area contributed by atoms with Crippen LogP contribution in [0.15, 0.2) is 65.9 Å². The number of hydrogen-bond acceptors (Lipinski definition) is 5. The van der Waals surface area contributed by atoms with Crippen molar-refractivity contribution in [2.24, 2.45) is 0 Å². The predicted octanol–water partition coefficient (Wildman–Crippen LogP) is 5.46. The monoisotopic (exact) mass is 409 g/mol. The Kier molecular flexibility index (Phi) is 6.87. The maximum atomic E-state index is 12.7. The largest absolute Gasteiger partial charge is 0.512 e. The van der Waals surface area contributed by atoms with Crippen LogP contribution in [-0.4, -0.2) is 21.6 Å². The van der Waals surface area contributed by atoms with Gasteiger partial charge in [-0.15, -0.1) is 0 Å². The number of benzene rings is 2. The maximum Gasteiger partial charge on any atom is 0.337 e. The van der Waals surface area contributed by atoms with Crippen molar-refractivity contribution in [2.45, 2.75) is 57.5 Å². The van der Waals surface area contributed by atoms with Gasteiger partial charge in [0.1, 0.15) is 11.4 Å². The summed E-state index contributed by atoms with van der Waals surface area (Å²) < 4.78 is 5.91. The van der Waals surface area contributed by atoms with Gasteiger partial charge in [-0.3, -0.25) is 10.1 Å². The van der Waals surface area contributed by atoms with E-state index >= 15 is 0 Å². The van der Waals surface area contributed by atoms with Crippen molar-refractivity contribution >= 4 is 11.7 Å². The fraction of sp³-hybridized carbons (Fsp3) is 0.375. The van der Waals surface area contributed by atoms with Crippen LogP contribution in [0.25, 0.3) is 0 Å². The Morgan fingerprint density at radius 3 is 2.50 bits per heavy atom. The van der Waals surface area contributed by atoms with Crippen LogP contribution in [-0.2, 0) is 22.4 Å². The number of aliphatic hydroxyl groups is 1. The van der Waals surface area contributed by atoms with E-state index in [1.54, 1.807) is 12.1 Å². The Balaban J connectivity index is 1.68. The molecule has 0 amide bonds. The van der Waals surface area contributed by atoms with Gasteiger partial charge in [-0.25, -0.2) is 4.79 Å². The van der Waals surface area contributed by atoms with Gasteiger partial charge in [-0.1, -0.05) is 55.8 Å². The fourth-order valence-electron chi connectivity index (χ4n) is 4.12. The average molecular weight is 409 g/mol. The van der Waals surface area contributed by atoms with Crippen molar-refractivity contribution in [3.8, 4) is 0 Å². The van der Waals surface area contributed by atoms with Gasteiger partial charge in [-0.05, 0) is 36.8 Å². The Morgan fingerprint density at radius 1 is 1.10 bits per heavy atom. The lowest BCUT2D eigenvalue weighted by Crippen LogP contribution is -2.42. The number of nitrogens with zero attached hydrogens (tertiary/aromatic N) is 1. The van der Waals surface area contributed by atoms with E-state index in [1.165, 1.54) is 6.07 Å². The molecule has 0 spiro atoms. The Labute approximate surface area is 176 Å². The van der Waals surface area contributed by atoms with E-state index in [2.05, 4.69) is 0 Å². The molecule has 1 heterocycles. The van der Waals surface area contributed by atoms with Gasteiger partial charge in [-0.2, -0.15) is 0 Å². The number of esters is 1. The maximum absolute atomic E-state index is 12.7. The minimum Gasteiger partial charge on any atom is -0.512 e. The number of aliphatic hydroxyl groups excluding tert-OH is 1. The van der Waals surface area contributed by atoms with E-state index in [1.807, 2.05) is 43.3 Å². The Bertz CT molecular complexity index is 938. The molecule has 0 fully saturated rings. The van der Waals surface area contributed by atoms with Gasteiger partial charge in [0.2, 0.25) is 0 Å². The SMILES string of the molecule is CCCC1(Cc2ccccc2)CC(O)=C(CCCc2cccc([N+](=O)[O-])c2)C(=O)O1. The van der Waals surface area contributed by atoms with Crippen molar-refractivity contribution in [3.05, 3.63) is 87.2 Å². The minimum atomic E-state index is -0.721. The molecule has 0 radical (unpaired) electrons. The zero-order valence-corrected chi connectivity index (χ0v) is 17.2. The number of rotatable bonds is 9. The zero-order valence-electron chi connectivity index (χ0n) is 17.2. The quantitative estimate of drug-likeness (QED) is 0.337. The lowest BCUT2D eigenvalue weighted by Gasteiger charge is -2.37. The number of ether oxygens (including phenoxy) is 1. The summed E-state index contributed by atoms with van der Waals surface area (Å²) in [5.74, 6) is -0.350. The molecule has 30 heavy (non-hydrogen) atoms. The topological polar surface area (TPSA) is 89.7 Å². The van der Waals surface area contributed by atoms with E-state index in [0.717, 1.165) is 17.5 Å². The van der Waals surface area contributed by atoms with Crippen LogP contribution in [0.1, 0.15) is 50.2 Å². The molecule has 1 atom stereocenters. The summed E-state index contributed by atoms with van der Waals surface area (Å²) in [7, 11) is 0. The number of hydrogen-bond donors (Lipinski definition) is 1. The number of nitro groups is 1. The molecule has 1 N–H and O–H groups in total. The third kappa shape index (κ3) is 5.26. The van der Waals surface area contributed by atoms with E-state index in [9.17, 15) is 20.0 Å². The summed E-state index contributed by atoms with van der Waals surface area (Å²) >= 11 is 0. The van der Waals surface area contributed by atoms with Gasteiger partial charge >= 0.3 is 5.97 Å². The van der Waals surface area contributed by atoms with Crippen LogP contribution >= 0.6 is 0 Å². The molecular weight excluding hydrogens is 382 g/mol. The summed E-state index contributed by atoms with van der Waals surface area (Å²) in [6.07, 6.45) is 3.95. The smallest absolute Gasteiger partial charge is 0.337 e. The van der Waals surface area contributed by atoms with Crippen LogP contribution in [0.5, 0.6) is 0 Å². The molecule has 6 nitrogen and oxygen atoms in total. The first-order valence-corrected chi connectivity index (χ1v) is 10.3. The number of carbonyl (C=O) groups excluding carboxylic acids is 1. The van der Waals surface area contributed by atoms with E-state index in [-0.39, 0.29) is 11.4 Å². The first kappa shape index (κ1) is 21.6. The van der Waals surface area contributed by atoms with Crippen molar-refractivity contribution in [1.82, 2.24) is 0 Å². The van der Waals surface area contributed by atoms with Crippen molar-refractivity contribution in [3.63, 3.8) is 0 Å². The van der Waals surface area contributed by atoms with Gasteiger partial charge < -0.3 is 9.84 Å². The van der Waals surface area contributed by atoms with E-state index < -0.39 is 16.5 Å². The second kappa shape index (κ2) is 9.57. The fourth-order valence-corrected chi connectivity index (χ4v) is 4.12. The highest BCUT2D eigenvalue weighted by Crippen LogP contribution is 2.37. The van der Waals surface area contributed by atoms with Gasteiger partial charge in [0.15, 0.2) is 0 Å². The molecule has 6 heteroatoms. The minimum absolute atomic E-state index is 0.0527. The number of aryl methyl sites for hydroxylation is 1. The third-order valence-corrected chi connectivity index (χ3v) is 5.48. The molecule has 0 bridgehead atoms. The molecule has 0 saturated carbocycles. The highest BCUT2D eigenvalue weighted by molar-refractivity contribution is 5.90. The van der Waals surface area contributed by atoms with Crippen LogP contribution in [0.2, 0.25) is 0 Å². The summed E-state index contributed by atoms with van der Waals surface area (Å²) in [5, 5.41) is 21.6. The highest BCUT2D eigenvalue weighted by Gasteiger charge is 2.41. The molecular formula is C24H27NO5. The third-order valence-electron chi connectivity index (χ3n) is 5.48. The molecule has 1 aliphatic heterocycles. The summed E-state index contributed by atoms with van der Waals surface area (Å²) in [5.41, 5.74) is 1.55. The molecule has 1 aliphatic rings. The molecule has 1 unspecified atom stereocenters. The summed E-state index contributed by atoms with van der Waals surface area (Å²) in [6.45, 7) is 2.04. The summed E-state index contributed by atoms with van der Waals surface area (Å²) in [6, 6.07) is 16.3. The van der Waals surface area contributed by atoms with Gasteiger partial charge in [0.05, 0.1) is 10.5 Å². The van der Waals surface area contributed by atoms with Crippen LogP contribution < -0.4 is 0 Å².